The second-order valence-electron chi connectivity index (χ2n) is 11.1. The number of alkyl halides is 3. The number of hydrogen-bond acceptors (Lipinski definition) is 8. The number of aromatic nitrogens is 2. The maximum absolute atomic E-state index is 14.2. The number of methoxy groups -OCH3 is 1. The molecule has 0 saturated carbocycles. The van der Waals surface area contributed by atoms with Crippen LogP contribution in [0.2, 0.25) is 0 Å². The Hall–Kier alpha value is -4.43. The third kappa shape index (κ3) is 6.87. The number of anilines is 4. The van der Waals surface area contributed by atoms with E-state index in [0.717, 1.165) is 25.7 Å². The zero-order chi connectivity index (χ0) is 33.0. The molecular formula is C32H39F3N8O3. The van der Waals surface area contributed by atoms with Crippen molar-refractivity contribution in [3.8, 4) is 5.75 Å². The smallest absolute Gasteiger partial charge is 0.416 e. The third-order valence-electron chi connectivity index (χ3n) is 8.26. The molecule has 2 aliphatic heterocycles. The van der Waals surface area contributed by atoms with Crippen LogP contribution in [0.25, 0.3) is 0 Å². The van der Waals surface area contributed by atoms with Gasteiger partial charge in [-0.3, -0.25) is 19.5 Å². The Morgan fingerprint density at radius 1 is 1.02 bits per heavy atom. The Kier molecular flexibility index (Phi) is 9.97. The molecule has 3 amide bonds. The molecule has 0 unspecified atom stereocenters. The Labute approximate surface area is 266 Å². The lowest BCUT2D eigenvalue weighted by atomic mass is 10.0. The first-order valence-electron chi connectivity index (χ1n) is 15.4. The molecule has 0 bridgehead atoms. The second kappa shape index (κ2) is 13.9. The summed E-state index contributed by atoms with van der Waals surface area (Å²) in [4.78, 5) is 43.2. The molecular weight excluding hydrogens is 601 g/mol. The van der Waals surface area contributed by atoms with E-state index in [-0.39, 0.29) is 41.7 Å². The molecule has 0 atom stereocenters. The van der Waals surface area contributed by atoms with E-state index in [2.05, 4.69) is 32.4 Å². The number of benzene rings is 2. The molecule has 0 aliphatic carbocycles. The highest BCUT2D eigenvalue weighted by Gasteiger charge is 2.36. The van der Waals surface area contributed by atoms with E-state index in [4.69, 9.17) is 4.74 Å². The number of carbonyl (C=O) groups excluding carboxylic acids is 2. The highest BCUT2D eigenvalue weighted by Crippen LogP contribution is 2.40. The first-order valence-corrected chi connectivity index (χ1v) is 15.4. The van der Waals surface area contributed by atoms with Crippen molar-refractivity contribution in [1.29, 1.82) is 0 Å². The molecule has 0 spiro atoms. The molecule has 2 aliphatic rings. The molecule has 2 N–H and O–H groups in total. The number of likely N-dealkylation sites (N-methyl/N-ethyl adjacent to an activating group) is 1. The summed E-state index contributed by atoms with van der Waals surface area (Å²) in [7, 11) is 1.40. The van der Waals surface area contributed by atoms with Gasteiger partial charge in [-0.25, -0.2) is 9.78 Å². The summed E-state index contributed by atoms with van der Waals surface area (Å²) in [5.41, 5.74) is 0.436. The molecule has 14 heteroatoms. The third-order valence-corrected chi connectivity index (χ3v) is 8.26. The zero-order valence-electron chi connectivity index (χ0n) is 26.4. The average Bonchev–Trinajstić information content (AvgIpc) is 3.04. The van der Waals surface area contributed by atoms with Gasteiger partial charge >= 0.3 is 12.2 Å². The molecule has 11 nitrogen and oxygen atoms in total. The predicted molar refractivity (Wildman–Crippen MR) is 171 cm³/mol. The fourth-order valence-electron chi connectivity index (χ4n) is 5.80. The predicted octanol–water partition coefficient (Wildman–Crippen LogP) is 5.29. The van der Waals surface area contributed by atoms with Gasteiger partial charge in [-0.1, -0.05) is 19.1 Å². The van der Waals surface area contributed by atoms with Gasteiger partial charge in [0.15, 0.2) is 5.75 Å². The second-order valence-corrected chi connectivity index (χ2v) is 11.1. The normalized spacial score (nSPS) is 15.9. The number of halogens is 3. The number of nitrogens with one attached hydrogen (secondary N) is 2. The van der Waals surface area contributed by atoms with Crippen molar-refractivity contribution in [3.63, 3.8) is 0 Å². The van der Waals surface area contributed by atoms with E-state index >= 15 is 0 Å². The standard InChI is InChI=1S/C32H39F3N8O3/c1-5-36-30-37-18-23-20-43(31(45)42(7-3)28(23)39-30)26-10-8-9-25(27(26)46-4)38-29(44)21-11-12-22(24(17-21)32(33,34)35)19-41-15-13-40(6-2)14-16-41/h8-12,17-18H,5-7,13-16,19-20H2,1-4H3,(H,38,44)(H,36,37,39). The number of rotatable bonds is 10. The summed E-state index contributed by atoms with van der Waals surface area (Å²) >= 11 is 0. The number of nitrogens with zero attached hydrogens (tertiary/aromatic N) is 6. The first kappa shape index (κ1) is 32.9. The summed E-state index contributed by atoms with van der Waals surface area (Å²) in [6.07, 6.45) is -2.98. The van der Waals surface area contributed by atoms with Crippen molar-refractivity contribution in [2.24, 2.45) is 0 Å². The number of piperazine rings is 1. The van der Waals surface area contributed by atoms with Crippen molar-refractivity contribution in [3.05, 3.63) is 64.8 Å². The molecule has 246 valence electrons. The molecule has 1 fully saturated rings. The van der Waals surface area contributed by atoms with Gasteiger partial charge in [-0.05, 0) is 50.2 Å². The molecule has 1 aromatic heterocycles. The fourth-order valence-corrected chi connectivity index (χ4v) is 5.80. The highest BCUT2D eigenvalue weighted by atomic mass is 19.4. The van der Waals surface area contributed by atoms with Crippen molar-refractivity contribution in [2.75, 3.05) is 73.4 Å². The molecule has 46 heavy (non-hydrogen) atoms. The van der Waals surface area contributed by atoms with Crippen LogP contribution in [0.3, 0.4) is 0 Å². The molecule has 1 saturated heterocycles. The lowest BCUT2D eigenvalue weighted by Gasteiger charge is -2.36. The molecule has 0 radical (unpaired) electrons. The van der Waals surface area contributed by atoms with Crippen LogP contribution in [-0.4, -0.2) is 84.6 Å². The summed E-state index contributed by atoms with van der Waals surface area (Å²) in [6, 6.07) is 8.22. The number of urea groups is 1. The minimum absolute atomic E-state index is 0.125. The Bertz CT molecular complexity index is 1580. The zero-order valence-corrected chi connectivity index (χ0v) is 26.4. The van der Waals surface area contributed by atoms with Gasteiger partial charge in [0, 0.05) is 63.1 Å². The highest BCUT2D eigenvalue weighted by molar-refractivity contribution is 6.09. The molecule has 3 aromatic rings. The Morgan fingerprint density at radius 2 is 1.76 bits per heavy atom. The van der Waals surface area contributed by atoms with Crippen molar-refractivity contribution in [1.82, 2.24) is 19.8 Å². The van der Waals surface area contributed by atoms with Gasteiger partial charge in [0.05, 0.1) is 30.6 Å². The summed E-state index contributed by atoms with van der Waals surface area (Å²) in [6.45, 7) is 10.9. The lowest BCUT2D eigenvalue weighted by Crippen LogP contribution is -2.48. The van der Waals surface area contributed by atoms with Gasteiger partial charge in [0.2, 0.25) is 5.95 Å². The van der Waals surface area contributed by atoms with Crippen molar-refractivity contribution < 1.29 is 27.5 Å². The van der Waals surface area contributed by atoms with Crippen LogP contribution in [-0.2, 0) is 19.3 Å². The van der Waals surface area contributed by atoms with Crippen LogP contribution in [0.5, 0.6) is 5.75 Å². The van der Waals surface area contributed by atoms with E-state index in [1.54, 1.807) is 24.4 Å². The fraction of sp³-hybridized carbons (Fsp3) is 0.438. The minimum Gasteiger partial charge on any atom is -0.492 e. The van der Waals surface area contributed by atoms with E-state index in [0.29, 0.717) is 49.2 Å². The number of para-hydroxylation sites is 1. The van der Waals surface area contributed by atoms with Gasteiger partial charge in [0.25, 0.3) is 5.91 Å². The Balaban J connectivity index is 1.39. The van der Waals surface area contributed by atoms with Gasteiger partial charge in [-0.2, -0.15) is 18.2 Å². The largest absolute Gasteiger partial charge is 0.492 e. The molecule has 3 heterocycles. The van der Waals surface area contributed by atoms with Crippen LogP contribution >= 0.6 is 0 Å². The van der Waals surface area contributed by atoms with Crippen LogP contribution in [0.1, 0.15) is 47.8 Å². The average molecular weight is 641 g/mol. The number of amides is 3. The maximum atomic E-state index is 14.2. The molecule has 5 rings (SSSR count). The Morgan fingerprint density at radius 3 is 2.41 bits per heavy atom. The van der Waals surface area contributed by atoms with E-state index in [1.165, 1.54) is 29.0 Å². The van der Waals surface area contributed by atoms with Crippen LogP contribution in [0, 0.1) is 0 Å². The van der Waals surface area contributed by atoms with Gasteiger partial charge in [-0.15, -0.1) is 0 Å². The van der Waals surface area contributed by atoms with Crippen LogP contribution in [0.4, 0.5) is 41.1 Å². The quantitative estimate of drug-likeness (QED) is 0.308. The monoisotopic (exact) mass is 640 g/mol. The van der Waals surface area contributed by atoms with Crippen molar-refractivity contribution >= 4 is 35.1 Å². The maximum Gasteiger partial charge on any atom is 0.416 e. The SMILES string of the molecule is CCNc1ncc2c(n1)N(CC)C(=O)N(c1cccc(NC(=O)c3ccc(CN4CCN(CC)CC4)c(C(F)(F)F)c3)c1OC)C2. The number of ether oxygens (including phenoxy) is 1. The van der Waals surface area contributed by atoms with E-state index in [9.17, 15) is 22.8 Å². The number of fused-ring (bicyclic) bond motifs is 1. The number of carbonyl (C=O) groups is 2. The summed E-state index contributed by atoms with van der Waals surface area (Å²) < 4.78 is 48.3. The van der Waals surface area contributed by atoms with Crippen LogP contribution < -0.4 is 25.2 Å². The topological polar surface area (TPSA) is 106 Å². The van der Waals surface area contributed by atoms with Crippen LogP contribution in [0.15, 0.2) is 42.6 Å². The summed E-state index contributed by atoms with van der Waals surface area (Å²) in [5, 5.41) is 5.75. The van der Waals surface area contributed by atoms with Gasteiger partial charge in [0.1, 0.15) is 5.82 Å². The lowest BCUT2D eigenvalue weighted by molar-refractivity contribution is -0.138. The van der Waals surface area contributed by atoms with Gasteiger partial charge < -0.3 is 20.3 Å². The minimum atomic E-state index is -4.64. The number of hydrogen-bond donors (Lipinski definition) is 2. The van der Waals surface area contributed by atoms with E-state index < -0.39 is 17.6 Å². The van der Waals surface area contributed by atoms with Crippen molar-refractivity contribution in [2.45, 2.75) is 40.0 Å². The molecule has 2 aromatic carbocycles. The first-order chi connectivity index (χ1) is 22.1. The summed E-state index contributed by atoms with van der Waals surface area (Å²) in [5.74, 6) is 0.372. The van der Waals surface area contributed by atoms with E-state index in [1.807, 2.05) is 18.7 Å².